The van der Waals surface area contributed by atoms with E-state index in [0.717, 1.165) is 24.1 Å². The van der Waals surface area contributed by atoms with E-state index in [9.17, 15) is 4.79 Å². The molecule has 26 heavy (non-hydrogen) atoms. The van der Waals surface area contributed by atoms with Crippen molar-refractivity contribution in [1.82, 2.24) is 15.3 Å². The topological polar surface area (TPSA) is 67.0 Å². The molecular formula is C21H23N3O2. The number of nitrogens with zero attached hydrogens (tertiary/aromatic N) is 1. The highest BCUT2D eigenvalue weighted by molar-refractivity contribution is 5.69. The molecule has 5 heteroatoms. The number of aromatic amines is 1. The SMILES string of the molecule is CCCCOC(=O)NCc1ncc(-c2ccc(-c3ccccc3)cc2)[nH]1. The number of unbranched alkanes of at least 4 members (excludes halogenated alkanes) is 1. The first kappa shape index (κ1) is 17.7. The van der Waals surface area contributed by atoms with E-state index in [0.29, 0.717) is 19.0 Å². The number of amides is 1. The van der Waals surface area contributed by atoms with Crippen molar-refractivity contribution >= 4 is 6.09 Å². The van der Waals surface area contributed by atoms with Gasteiger partial charge in [0.15, 0.2) is 0 Å². The molecule has 0 aliphatic heterocycles. The number of rotatable bonds is 7. The highest BCUT2D eigenvalue weighted by atomic mass is 16.5. The van der Waals surface area contributed by atoms with Gasteiger partial charge in [0.25, 0.3) is 0 Å². The number of ether oxygens (including phenoxy) is 1. The Morgan fingerprint density at radius 2 is 1.73 bits per heavy atom. The van der Waals surface area contributed by atoms with Crippen molar-refractivity contribution in [2.75, 3.05) is 6.61 Å². The molecule has 0 fully saturated rings. The summed E-state index contributed by atoms with van der Waals surface area (Å²) in [6, 6.07) is 18.6. The predicted molar refractivity (Wildman–Crippen MR) is 103 cm³/mol. The number of alkyl carbamates (subject to hydrolysis) is 1. The lowest BCUT2D eigenvalue weighted by atomic mass is 10.0. The Morgan fingerprint density at radius 1 is 1.04 bits per heavy atom. The first-order valence-corrected chi connectivity index (χ1v) is 8.86. The molecule has 2 N–H and O–H groups in total. The van der Waals surface area contributed by atoms with Crippen molar-refractivity contribution in [3.63, 3.8) is 0 Å². The van der Waals surface area contributed by atoms with Crippen LogP contribution in [0.3, 0.4) is 0 Å². The number of benzene rings is 2. The molecule has 0 atom stereocenters. The van der Waals surface area contributed by atoms with Gasteiger partial charge in [-0.15, -0.1) is 0 Å². The number of carbonyl (C=O) groups is 1. The molecule has 0 radical (unpaired) electrons. The Bertz CT molecular complexity index is 826. The van der Waals surface area contributed by atoms with E-state index in [1.807, 2.05) is 18.2 Å². The van der Waals surface area contributed by atoms with Gasteiger partial charge in [0, 0.05) is 0 Å². The van der Waals surface area contributed by atoms with Crippen molar-refractivity contribution in [2.24, 2.45) is 0 Å². The fraction of sp³-hybridized carbons (Fsp3) is 0.238. The molecule has 0 aliphatic rings. The van der Waals surface area contributed by atoms with Crippen LogP contribution in [0.2, 0.25) is 0 Å². The second kappa shape index (κ2) is 8.85. The summed E-state index contributed by atoms with van der Waals surface area (Å²) in [5, 5.41) is 2.70. The maximum Gasteiger partial charge on any atom is 0.407 e. The number of carbonyl (C=O) groups excluding carboxylic acids is 1. The molecule has 2 aromatic carbocycles. The van der Waals surface area contributed by atoms with Crippen LogP contribution < -0.4 is 5.32 Å². The molecule has 1 heterocycles. The summed E-state index contributed by atoms with van der Waals surface area (Å²) in [6.45, 7) is 2.81. The molecular weight excluding hydrogens is 326 g/mol. The Morgan fingerprint density at radius 3 is 2.46 bits per heavy atom. The zero-order valence-electron chi connectivity index (χ0n) is 14.9. The molecule has 3 rings (SSSR count). The van der Waals surface area contributed by atoms with E-state index in [1.165, 1.54) is 11.1 Å². The van der Waals surface area contributed by atoms with Crippen molar-refractivity contribution < 1.29 is 9.53 Å². The van der Waals surface area contributed by atoms with Crippen molar-refractivity contribution in [3.8, 4) is 22.4 Å². The zero-order valence-corrected chi connectivity index (χ0v) is 14.9. The van der Waals surface area contributed by atoms with E-state index in [-0.39, 0.29) is 0 Å². The van der Waals surface area contributed by atoms with Gasteiger partial charge in [-0.05, 0) is 23.1 Å². The molecule has 0 unspecified atom stereocenters. The smallest absolute Gasteiger partial charge is 0.407 e. The number of aromatic nitrogens is 2. The first-order chi connectivity index (χ1) is 12.8. The van der Waals surface area contributed by atoms with Crippen LogP contribution in [0.15, 0.2) is 60.8 Å². The largest absolute Gasteiger partial charge is 0.450 e. The minimum absolute atomic E-state index is 0.313. The molecule has 1 aromatic heterocycles. The molecule has 5 nitrogen and oxygen atoms in total. The van der Waals surface area contributed by atoms with Crippen LogP contribution in [0.25, 0.3) is 22.4 Å². The second-order valence-corrected chi connectivity index (χ2v) is 6.03. The van der Waals surface area contributed by atoms with Crippen LogP contribution in [-0.4, -0.2) is 22.7 Å². The monoisotopic (exact) mass is 349 g/mol. The lowest BCUT2D eigenvalue weighted by Gasteiger charge is -2.05. The summed E-state index contributed by atoms with van der Waals surface area (Å²) < 4.78 is 5.06. The standard InChI is InChI=1S/C21H23N3O2/c1-2-3-13-26-21(25)23-15-20-22-14-19(24-20)18-11-9-17(10-12-18)16-7-5-4-6-8-16/h4-12,14H,2-3,13,15H2,1H3,(H,22,24)(H,23,25). The Kier molecular flexibility index (Phi) is 6.04. The molecule has 134 valence electrons. The highest BCUT2D eigenvalue weighted by Crippen LogP contribution is 2.23. The third-order valence-electron chi connectivity index (χ3n) is 4.06. The van der Waals surface area contributed by atoms with Crippen LogP contribution in [0.5, 0.6) is 0 Å². The maximum atomic E-state index is 11.6. The highest BCUT2D eigenvalue weighted by Gasteiger charge is 2.06. The zero-order chi connectivity index (χ0) is 18.2. The molecule has 0 saturated heterocycles. The molecule has 1 amide bonds. The quantitative estimate of drug-likeness (QED) is 0.604. The third-order valence-corrected chi connectivity index (χ3v) is 4.06. The molecule has 0 saturated carbocycles. The lowest BCUT2D eigenvalue weighted by molar-refractivity contribution is 0.144. The van der Waals surface area contributed by atoms with Gasteiger partial charge in [-0.1, -0.05) is 67.9 Å². The summed E-state index contributed by atoms with van der Waals surface area (Å²) >= 11 is 0. The van der Waals surface area contributed by atoms with Crippen molar-refractivity contribution in [2.45, 2.75) is 26.3 Å². The van der Waals surface area contributed by atoms with Gasteiger partial charge in [-0.2, -0.15) is 0 Å². The van der Waals surface area contributed by atoms with Crippen LogP contribution in [0.1, 0.15) is 25.6 Å². The summed E-state index contributed by atoms with van der Waals surface area (Å²) in [7, 11) is 0. The summed E-state index contributed by atoms with van der Waals surface area (Å²) in [5.41, 5.74) is 4.33. The van der Waals surface area contributed by atoms with Gasteiger partial charge in [0.2, 0.25) is 0 Å². The van der Waals surface area contributed by atoms with E-state index >= 15 is 0 Å². The fourth-order valence-electron chi connectivity index (χ4n) is 2.59. The van der Waals surface area contributed by atoms with Crippen LogP contribution in [0.4, 0.5) is 4.79 Å². The molecule has 3 aromatic rings. The van der Waals surface area contributed by atoms with Crippen molar-refractivity contribution in [1.29, 1.82) is 0 Å². The number of hydrogen-bond donors (Lipinski definition) is 2. The summed E-state index contributed by atoms with van der Waals surface area (Å²) in [5.74, 6) is 0.694. The van der Waals surface area contributed by atoms with E-state index < -0.39 is 6.09 Å². The molecule has 0 aliphatic carbocycles. The maximum absolute atomic E-state index is 11.6. The van der Waals surface area contributed by atoms with Gasteiger partial charge in [0.05, 0.1) is 25.0 Å². The van der Waals surface area contributed by atoms with E-state index in [2.05, 4.69) is 58.6 Å². The minimum Gasteiger partial charge on any atom is -0.450 e. The summed E-state index contributed by atoms with van der Waals surface area (Å²) in [4.78, 5) is 19.1. The summed E-state index contributed by atoms with van der Waals surface area (Å²) in [6.07, 6.45) is 3.23. The Balaban J connectivity index is 1.58. The predicted octanol–water partition coefficient (Wildman–Crippen LogP) is 4.77. The number of imidazole rings is 1. The van der Waals surface area contributed by atoms with Crippen LogP contribution >= 0.6 is 0 Å². The van der Waals surface area contributed by atoms with Gasteiger partial charge in [-0.25, -0.2) is 9.78 Å². The number of H-pyrrole nitrogens is 1. The Labute approximate surface area is 153 Å². The van der Waals surface area contributed by atoms with E-state index in [4.69, 9.17) is 4.74 Å². The van der Waals surface area contributed by atoms with E-state index in [1.54, 1.807) is 6.20 Å². The van der Waals surface area contributed by atoms with Crippen LogP contribution in [-0.2, 0) is 11.3 Å². The number of nitrogens with one attached hydrogen (secondary N) is 2. The minimum atomic E-state index is -0.413. The van der Waals surface area contributed by atoms with Gasteiger partial charge in [0.1, 0.15) is 5.82 Å². The Hall–Kier alpha value is -3.08. The average Bonchev–Trinajstić information content (AvgIpc) is 3.16. The van der Waals surface area contributed by atoms with Gasteiger partial charge < -0.3 is 15.0 Å². The van der Waals surface area contributed by atoms with Gasteiger partial charge >= 0.3 is 6.09 Å². The first-order valence-electron chi connectivity index (χ1n) is 8.86. The molecule has 0 spiro atoms. The third kappa shape index (κ3) is 4.72. The lowest BCUT2D eigenvalue weighted by Crippen LogP contribution is -2.24. The fourth-order valence-corrected chi connectivity index (χ4v) is 2.59. The van der Waals surface area contributed by atoms with Crippen LogP contribution in [0, 0.1) is 0 Å². The molecule has 0 bridgehead atoms. The normalized spacial score (nSPS) is 10.5. The average molecular weight is 349 g/mol. The number of hydrogen-bond acceptors (Lipinski definition) is 3. The second-order valence-electron chi connectivity index (χ2n) is 6.03. The van der Waals surface area contributed by atoms with Gasteiger partial charge in [-0.3, -0.25) is 0 Å². The van der Waals surface area contributed by atoms with Crippen molar-refractivity contribution in [3.05, 3.63) is 66.6 Å².